The number of nitrogens with one attached hydrogen (secondary N) is 1. The van der Waals surface area contributed by atoms with Gasteiger partial charge < -0.3 is 4.52 Å². The van der Waals surface area contributed by atoms with Crippen molar-refractivity contribution in [2.75, 3.05) is 13.1 Å². The van der Waals surface area contributed by atoms with Crippen LogP contribution in [-0.4, -0.2) is 36.0 Å². The monoisotopic (exact) mass is 274 g/mol. The van der Waals surface area contributed by atoms with E-state index in [2.05, 4.69) is 14.9 Å². The van der Waals surface area contributed by atoms with E-state index < -0.39 is 10.2 Å². The maximum atomic E-state index is 11.9. The summed E-state index contributed by atoms with van der Waals surface area (Å²) in [4.78, 5) is 4.12. The SMILES string of the molecule is CC(C)c1nc(CNS(=O)(=O)N2CCCC2)no1. The van der Waals surface area contributed by atoms with Crippen LogP contribution in [0.25, 0.3) is 0 Å². The summed E-state index contributed by atoms with van der Waals surface area (Å²) in [5.41, 5.74) is 0. The second-order valence-corrected chi connectivity index (χ2v) is 6.39. The number of aromatic nitrogens is 2. The molecule has 1 aromatic rings. The van der Waals surface area contributed by atoms with E-state index >= 15 is 0 Å². The molecule has 1 saturated heterocycles. The van der Waals surface area contributed by atoms with Crippen LogP contribution in [0.5, 0.6) is 0 Å². The Morgan fingerprint density at radius 1 is 1.39 bits per heavy atom. The molecule has 0 radical (unpaired) electrons. The maximum absolute atomic E-state index is 11.9. The lowest BCUT2D eigenvalue weighted by molar-refractivity contribution is 0.360. The zero-order valence-corrected chi connectivity index (χ0v) is 11.4. The van der Waals surface area contributed by atoms with Crippen LogP contribution in [0.1, 0.15) is 44.3 Å². The summed E-state index contributed by atoms with van der Waals surface area (Å²) in [6.07, 6.45) is 1.83. The summed E-state index contributed by atoms with van der Waals surface area (Å²) in [7, 11) is -3.41. The summed E-state index contributed by atoms with van der Waals surface area (Å²) in [5.74, 6) is 1.02. The van der Waals surface area contributed by atoms with Gasteiger partial charge in [-0.1, -0.05) is 19.0 Å². The molecule has 0 atom stereocenters. The Balaban J connectivity index is 1.94. The van der Waals surface area contributed by atoms with Gasteiger partial charge in [-0.15, -0.1) is 0 Å². The topological polar surface area (TPSA) is 88.3 Å². The number of rotatable bonds is 5. The van der Waals surface area contributed by atoms with Gasteiger partial charge in [0, 0.05) is 19.0 Å². The highest BCUT2D eigenvalue weighted by Crippen LogP contribution is 2.13. The molecule has 2 rings (SSSR count). The first kappa shape index (κ1) is 13.4. The van der Waals surface area contributed by atoms with Crippen molar-refractivity contribution < 1.29 is 12.9 Å². The predicted molar refractivity (Wildman–Crippen MR) is 65.0 cm³/mol. The minimum atomic E-state index is -3.41. The third-order valence-corrected chi connectivity index (χ3v) is 4.35. The van der Waals surface area contributed by atoms with Gasteiger partial charge in [0.1, 0.15) is 0 Å². The van der Waals surface area contributed by atoms with Crippen molar-refractivity contribution in [1.82, 2.24) is 19.2 Å². The largest absolute Gasteiger partial charge is 0.339 e. The predicted octanol–water partition coefficient (Wildman–Crippen LogP) is 0.623. The van der Waals surface area contributed by atoms with Crippen LogP contribution < -0.4 is 4.72 Å². The lowest BCUT2D eigenvalue weighted by Gasteiger charge is -2.14. The van der Waals surface area contributed by atoms with E-state index in [1.807, 2.05) is 13.8 Å². The van der Waals surface area contributed by atoms with E-state index in [9.17, 15) is 8.42 Å². The molecule has 0 aliphatic carbocycles. The highest BCUT2D eigenvalue weighted by molar-refractivity contribution is 7.87. The van der Waals surface area contributed by atoms with Crippen molar-refractivity contribution in [3.05, 3.63) is 11.7 Å². The Morgan fingerprint density at radius 3 is 2.61 bits per heavy atom. The second kappa shape index (κ2) is 5.33. The smallest absolute Gasteiger partial charge is 0.279 e. The molecule has 0 bridgehead atoms. The van der Waals surface area contributed by atoms with E-state index in [-0.39, 0.29) is 12.5 Å². The van der Waals surface area contributed by atoms with E-state index in [4.69, 9.17) is 4.52 Å². The zero-order chi connectivity index (χ0) is 13.2. The van der Waals surface area contributed by atoms with Crippen molar-refractivity contribution in [3.8, 4) is 0 Å². The van der Waals surface area contributed by atoms with Crippen LogP contribution in [0.15, 0.2) is 4.52 Å². The highest BCUT2D eigenvalue weighted by Gasteiger charge is 2.25. The lowest BCUT2D eigenvalue weighted by Crippen LogP contribution is -2.38. The summed E-state index contributed by atoms with van der Waals surface area (Å²) >= 11 is 0. The van der Waals surface area contributed by atoms with Crippen molar-refractivity contribution in [2.24, 2.45) is 0 Å². The molecule has 2 heterocycles. The molecule has 0 unspecified atom stereocenters. The van der Waals surface area contributed by atoms with Crippen LogP contribution in [0.3, 0.4) is 0 Å². The molecule has 1 fully saturated rings. The zero-order valence-electron chi connectivity index (χ0n) is 10.6. The molecule has 0 saturated carbocycles. The Labute approximate surface area is 107 Å². The van der Waals surface area contributed by atoms with Gasteiger partial charge in [0.15, 0.2) is 5.82 Å². The van der Waals surface area contributed by atoms with Gasteiger partial charge >= 0.3 is 0 Å². The van der Waals surface area contributed by atoms with Crippen molar-refractivity contribution in [1.29, 1.82) is 0 Å². The Kier molecular flexibility index (Phi) is 3.98. The molecular weight excluding hydrogens is 256 g/mol. The molecule has 102 valence electrons. The standard InChI is InChI=1S/C10H18N4O3S/c1-8(2)10-12-9(13-17-10)7-11-18(15,16)14-5-3-4-6-14/h8,11H,3-7H2,1-2H3. The van der Waals surface area contributed by atoms with Crippen molar-refractivity contribution in [3.63, 3.8) is 0 Å². The van der Waals surface area contributed by atoms with E-state index in [1.54, 1.807) is 0 Å². The van der Waals surface area contributed by atoms with Gasteiger partial charge in [0.25, 0.3) is 10.2 Å². The fourth-order valence-corrected chi connectivity index (χ4v) is 2.98. The molecule has 1 aromatic heterocycles. The molecule has 1 aliphatic heterocycles. The van der Waals surface area contributed by atoms with Gasteiger partial charge in [-0.25, -0.2) is 0 Å². The van der Waals surface area contributed by atoms with Gasteiger partial charge in [-0.3, -0.25) is 0 Å². The van der Waals surface area contributed by atoms with Crippen LogP contribution >= 0.6 is 0 Å². The number of hydrogen-bond donors (Lipinski definition) is 1. The average Bonchev–Trinajstić information content (AvgIpc) is 2.98. The molecule has 1 N–H and O–H groups in total. The molecule has 1 aliphatic rings. The minimum Gasteiger partial charge on any atom is -0.339 e. The summed E-state index contributed by atoms with van der Waals surface area (Å²) in [5, 5.41) is 3.74. The van der Waals surface area contributed by atoms with Crippen molar-refractivity contribution >= 4 is 10.2 Å². The first-order chi connectivity index (χ1) is 8.49. The molecule has 18 heavy (non-hydrogen) atoms. The molecule has 0 aromatic carbocycles. The molecule has 7 nitrogen and oxygen atoms in total. The van der Waals surface area contributed by atoms with Crippen LogP contribution in [0.4, 0.5) is 0 Å². The van der Waals surface area contributed by atoms with Crippen LogP contribution in [-0.2, 0) is 16.8 Å². The van der Waals surface area contributed by atoms with Gasteiger partial charge in [-0.05, 0) is 12.8 Å². The Hall–Kier alpha value is -0.990. The van der Waals surface area contributed by atoms with Crippen molar-refractivity contribution in [2.45, 2.75) is 39.2 Å². The summed E-state index contributed by atoms with van der Waals surface area (Å²) < 4.78 is 32.7. The van der Waals surface area contributed by atoms with Gasteiger partial charge in [0.2, 0.25) is 5.89 Å². The Morgan fingerprint density at radius 2 is 2.06 bits per heavy atom. The molecular formula is C10H18N4O3S. The number of hydrogen-bond acceptors (Lipinski definition) is 5. The normalized spacial score (nSPS) is 17.7. The average molecular weight is 274 g/mol. The quantitative estimate of drug-likeness (QED) is 0.850. The van der Waals surface area contributed by atoms with Crippen LogP contribution in [0.2, 0.25) is 0 Å². The third-order valence-electron chi connectivity index (χ3n) is 2.80. The summed E-state index contributed by atoms with van der Waals surface area (Å²) in [6, 6.07) is 0. The molecule has 8 heteroatoms. The second-order valence-electron chi connectivity index (χ2n) is 4.64. The van der Waals surface area contributed by atoms with Gasteiger partial charge in [0.05, 0.1) is 6.54 Å². The summed E-state index contributed by atoms with van der Waals surface area (Å²) in [6.45, 7) is 5.10. The Bertz CT molecular complexity index is 491. The maximum Gasteiger partial charge on any atom is 0.279 e. The molecule has 0 spiro atoms. The number of nitrogens with zero attached hydrogens (tertiary/aromatic N) is 3. The van der Waals surface area contributed by atoms with E-state index in [0.29, 0.717) is 24.8 Å². The fraction of sp³-hybridized carbons (Fsp3) is 0.800. The van der Waals surface area contributed by atoms with E-state index in [0.717, 1.165) is 12.8 Å². The van der Waals surface area contributed by atoms with Gasteiger partial charge in [-0.2, -0.15) is 22.4 Å². The highest BCUT2D eigenvalue weighted by atomic mass is 32.2. The van der Waals surface area contributed by atoms with E-state index in [1.165, 1.54) is 4.31 Å². The minimum absolute atomic E-state index is 0.0645. The fourth-order valence-electron chi connectivity index (χ4n) is 1.75. The first-order valence-electron chi connectivity index (χ1n) is 6.06. The lowest BCUT2D eigenvalue weighted by atomic mass is 10.2. The first-order valence-corrected chi connectivity index (χ1v) is 7.50. The van der Waals surface area contributed by atoms with Crippen LogP contribution in [0, 0.1) is 0 Å². The molecule has 0 amide bonds. The third kappa shape index (κ3) is 3.06.